The molecule has 1 N–H and O–H groups in total. The lowest BCUT2D eigenvalue weighted by Gasteiger charge is -2.09. The summed E-state index contributed by atoms with van der Waals surface area (Å²) in [5, 5.41) is 19.8. The van der Waals surface area contributed by atoms with E-state index in [0.29, 0.717) is 16.4 Å². The molecule has 2 aromatic carbocycles. The monoisotopic (exact) mass is 483 g/mol. The summed E-state index contributed by atoms with van der Waals surface area (Å²) in [6.45, 7) is 3.94. The summed E-state index contributed by atoms with van der Waals surface area (Å²) in [5.41, 5.74) is 4.80. The third-order valence-electron chi connectivity index (χ3n) is 4.55. The third-order valence-corrected chi connectivity index (χ3v) is 6.32. The van der Waals surface area contributed by atoms with Gasteiger partial charge in [0.05, 0.1) is 27.2 Å². The minimum absolute atomic E-state index is 0.199. The summed E-state index contributed by atoms with van der Waals surface area (Å²) in [7, 11) is 0. The Kier molecular flexibility index (Phi) is 5.69. The highest BCUT2D eigenvalue weighted by Crippen LogP contribution is 2.23. The van der Waals surface area contributed by atoms with Gasteiger partial charge in [0.25, 0.3) is 5.91 Å². The van der Waals surface area contributed by atoms with Crippen molar-refractivity contribution in [1.82, 2.24) is 30.0 Å². The zero-order valence-electron chi connectivity index (χ0n) is 16.5. The first-order valence-electron chi connectivity index (χ1n) is 9.04. The lowest BCUT2D eigenvalue weighted by atomic mass is 10.2. The molecule has 2 heterocycles. The van der Waals surface area contributed by atoms with Crippen molar-refractivity contribution in [3.8, 4) is 11.4 Å². The van der Waals surface area contributed by atoms with Gasteiger partial charge in [-0.3, -0.25) is 4.79 Å². The van der Waals surface area contributed by atoms with Gasteiger partial charge in [-0.15, -0.1) is 5.10 Å². The van der Waals surface area contributed by atoms with Gasteiger partial charge in [0.2, 0.25) is 5.16 Å². The molecule has 152 valence electrons. The van der Waals surface area contributed by atoms with E-state index in [1.807, 2.05) is 61.2 Å². The molecule has 0 atom stereocenters. The summed E-state index contributed by atoms with van der Waals surface area (Å²) in [6.07, 6.45) is 1.90. The van der Waals surface area contributed by atoms with Crippen molar-refractivity contribution in [3.05, 3.63) is 70.0 Å². The predicted octanol–water partition coefficient (Wildman–Crippen LogP) is 4.20. The normalized spacial score (nSPS) is 10.9. The predicted molar refractivity (Wildman–Crippen MR) is 120 cm³/mol. The van der Waals surface area contributed by atoms with Crippen LogP contribution in [0.2, 0.25) is 0 Å². The number of carbonyl (C=O) groups excluding carboxylic acids is 1. The largest absolute Gasteiger partial charge is 0.322 e. The highest BCUT2D eigenvalue weighted by Gasteiger charge is 2.12. The Hall–Kier alpha value is -2.98. The van der Waals surface area contributed by atoms with Gasteiger partial charge in [0, 0.05) is 11.3 Å². The van der Waals surface area contributed by atoms with Crippen LogP contribution in [0.4, 0.5) is 5.69 Å². The SMILES string of the molecule is CSc1nnnn1-c1cccc(NC(=O)c2ccc(-n3nc(C)c(Br)c3C)cc2)c1. The molecule has 0 saturated carbocycles. The van der Waals surface area contributed by atoms with Gasteiger partial charge in [0.15, 0.2) is 0 Å². The molecule has 1 amide bonds. The van der Waals surface area contributed by atoms with Gasteiger partial charge in [-0.25, -0.2) is 4.68 Å². The lowest BCUT2D eigenvalue weighted by Crippen LogP contribution is -2.12. The Morgan fingerprint density at radius 2 is 1.83 bits per heavy atom. The molecule has 0 unspecified atom stereocenters. The molecule has 0 saturated heterocycles. The van der Waals surface area contributed by atoms with Crippen LogP contribution in [0.25, 0.3) is 11.4 Å². The quantitative estimate of drug-likeness (QED) is 0.427. The molecular weight excluding hydrogens is 466 g/mol. The summed E-state index contributed by atoms with van der Waals surface area (Å²) in [5.74, 6) is -0.199. The Bertz CT molecular complexity index is 1220. The fraction of sp³-hybridized carbons (Fsp3) is 0.150. The molecule has 0 spiro atoms. The van der Waals surface area contributed by atoms with Crippen molar-refractivity contribution in [2.45, 2.75) is 19.0 Å². The lowest BCUT2D eigenvalue weighted by molar-refractivity contribution is 0.102. The summed E-state index contributed by atoms with van der Waals surface area (Å²) >= 11 is 4.98. The minimum atomic E-state index is -0.199. The number of aryl methyl sites for hydroxylation is 1. The van der Waals surface area contributed by atoms with Crippen molar-refractivity contribution in [2.75, 3.05) is 11.6 Å². The Morgan fingerprint density at radius 3 is 2.50 bits per heavy atom. The van der Waals surface area contributed by atoms with Crippen molar-refractivity contribution >= 4 is 39.3 Å². The number of benzene rings is 2. The van der Waals surface area contributed by atoms with Crippen molar-refractivity contribution in [1.29, 1.82) is 0 Å². The first kappa shape index (κ1) is 20.3. The molecule has 0 fully saturated rings. The van der Waals surface area contributed by atoms with E-state index in [9.17, 15) is 4.79 Å². The van der Waals surface area contributed by atoms with E-state index in [1.54, 1.807) is 16.8 Å². The molecule has 4 rings (SSSR count). The number of thioether (sulfide) groups is 1. The second-order valence-electron chi connectivity index (χ2n) is 6.53. The molecule has 0 bridgehead atoms. The van der Waals surface area contributed by atoms with Crippen molar-refractivity contribution < 1.29 is 4.79 Å². The second kappa shape index (κ2) is 8.41. The molecule has 0 aliphatic heterocycles. The number of amides is 1. The van der Waals surface area contributed by atoms with Crippen LogP contribution in [-0.2, 0) is 0 Å². The van der Waals surface area contributed by atoms with Gasteiger partial charge < -0.3 is 5.32 Å². The van der Waals surface area contributed by atoms with Gasteiger partial charge in [0.1, 0.15) is 0 Å². The van der Waals surface area contributed by atoms with Crippen molar-refractivity contribution in [2.24, 2.45) is 0 Å². The van der Waals surface area contributed by atoms with Gasteiger partial charge in [-0.2, -0.15) is 9.78 Å². The number of aromatic nitrogens is 6. The van der Waals surface area contributed by atoms with Crippen LogP contribution in [0.3, 0.4) is 0 Å². The highest BCUT2D eigenvalue weighted by molar-refractivity contribution is 9.10. The van der Waals surface area contributed by atoms with Crippen LogP contribution in [0.15, 0.2) is 58.2 Å². The zero-order valence-corrected chi connectivity index (χ0v) is 18.9. The minimum Gasteiger partial charge on any atom is -0.322 e. The van der Waals surface area contributed by atoms with Crippen LogP contribution < -0.4 is 5.32 Å². The van der Waals surface area contributed by atoms with Crippen LogP contribution in [0, 0.1) is 13.8 Å². The van der Waals surface area contributed by atoms with Gasteiger partial charge in [-0.05, 0) is 88.9 Å². The molecular formula is C20H18BrN7OS. The van der Waals surface area contributed by atoms with E-state index in [2.05, 4.69) is 41.9 Å². The van der Waals surface area contributed by atoms with Crippen molar-refractivity contribution in [3.63, 3.8) is 0 Å². The summed E-state index contributed by atoms with van der Waals surface area (Å²) < 4.78 is 4.46. The number of tetrazole rings is 1. The number of nitrogens with one attached hydrogen (secondary N) is 1. The fourth-order valence-electron chi connectivity index (χ4n) is 3.02. The Morgan fingerprint density at radius 1 is 1.07 bits per heavy atom. The first-order chi connectivity index (χ1) is 14.5. The van der Waals surface area contributed by atoms with E-state index in [4.69, 9.17) is 0 Å². The first-order valence-corrected chi connectivity index (χ1v) is 11.1. The van der Waals surface area contributed by atoms with E-state index in [1.165, 1.54) is 11.8 Å². The van der Waals surface area contributed by atoms with Crippen LogP contribution in [0.1, 0.15) is 21.7 Å². The van der Waals surface area contributed by atoms with Crippen LogP contribution in [-0.4, -0.2) is 42.2 Å². The molecule has 4 aromatic rings. The molecule has 30 heavy (non-hydrogen) atoms. The molecule has 0 radical (unpaired) electrons. The average molecular weight is 484 g/mol. The number of rotatable bonds is 5. The maximum absolute atomic E-state index is 12.7. The number of anilines is 1. The number of carbonyl (C=O) groups is 1. The van der Waals surface area contributed by atoms with E-state index in [-0.39, 0.29) is 5.91 Å². The maximum atomic E-state index is 12.7. The number of nitrogens with zero attached hydrogens (tertiary/aromatic N) is 6. The van der Waals surface area contributed by atoms with E-state index < -0.39 is 0 Å². The molecule has 2 aromatic heterocycles. The summed E-state index contributed by atoms with van der Waals surface area (Å²) in [6, 6.07) is 14.7. The number of hydrogen-bond donors (Lipinski definition) is 1. The highest BCUT2D eigenvalue weighted by atomic mass is 79.9. The van der Waals surface area contributed by atoms with E-state index in [0.717, 1.165) is 27.2 Å². The molecule has 8 nitrogen and oxygen atoms in total. The smallest absolute Gasteiger partial charge is 0.255 e. The van der Waals surface area contributed by atoms with Gasteiger partial charge >= 0.3 is 0 Å². The Labute approximate surface area is 185 Å². The number of halogens is 1. The molecule has 0 aliphatic carbocycles. The van der Waals surface area contributed by atoms with E-state index >= 15 is 0 Å². The standard InChI is InChI=1S/C20H18BrN7OS/c1-12-18(21)13(2)27(24-12)16-9-7-14(8-10-16)19(29)22-15-5-4-6-17(11-15)28-20(30-3)23-25-26-28/h4-11H,1-3H3,(H,22,29). The topological polar surface area (TPSA) is 90.5 Å². The summed E-state index contributed by atoms with van der Waals surface area (Å²) in [4.78, 5) is 12.7. The van der Waals surface area contributed by atoms with Crippen LogP contribution in [0.5, 0.6) is 0 Å². The zero-order chi connectivity index (χ0) is 21.3. The molecule has 10 heteroatoms. The fourth-order valence-corrected chi connectivity index (χ4v) is 3.70. The maximum Gasteiger partial charge on any atom is 0.255 e. The third kappa shape index (κ3) is 3.88. The molecule has 0 aliphatic rings. The number of hydrogen-bond acceptors (Lipinski definition) is 6. The average Bonchev–Trinajstić information content (AvgIpc) is 3.34. The second-order valence-corrected chi connectivity index (χ2v) is 8.09. The Balaban J connectivity index is 1.53. The van der Waals surface area contributed by atoms with Crippen LogP contribution >= 0.6 is 27.7 Å². The van der Waals surface area contributed by atoms with Gasteiger partial charge in [-0.1, -0.05) is 17.8 Å².